The summed E-state index contributed by atoms with van der Waals surface area (Å²) in [5.41, 5.74) is 3.54. The molecule has 0 spiro atoms. The van der Waals surface area contributed by atoms with Crippen molar-refractivity contribution in [3.05, 3.63) is 82.4 Å². The van der Waals surface area contributed by atoms with E-state index in [-0.39, 0.29) is 24.3 Å². The fourth-order valence-corrected chi connectivity index (χ4v) is 3.34. The lowest BCUT2D eigenvalue weighted by molar-refractivity contribution is -0.118. The summed E-state index contributed by atoms with van der Waals surface area (Å²) in [5, 5.41) is 6.27. The van der Waals surface area contributed by atoms with Gasteiger partial charge in [0.25, 0.3) is 11.8 Å². The average molecular weight is 467 g/mol. The van der Waals surface area contributed by atoms with Crippen molar-refractivity contribution < 1.29 is 19.1 Å². The van der Waals surface area contributed by atoms with Crippen molar-refractivity contribution in [1.29, 1.82) is 0 Å². The maximum atomic E-state index is 12.4. The SMILES string of the molecule is COc1ccc(NC(=O)c2ccc(NC(=O)COc3cc(C)c(Cl)cc3C(C)C)cc2)cc1. The maximum Gasteiger partial charge on any atom is 0.262 e. The largest absolute Gasteiger partial charge is 0.497 e. The van der Waals surface area contributed by atoms with Gasteiger partial charge in [0.05, 0.1) is 7.11 Å². The van der Waals surface area contributed by atoms with E-state index in [1.807, 2.05) is 32.9 Å². The number of carbonyl (C=O) groups excluding carboxylic acids is 2. The minimum Gasteiger partial charge on any atom is -0.497 e. The number of rotatable bonds is 8. The average Bonchev–Trinajstić information content (AvgIpc) is 2.80. The molecule has 6 nitrogen and oxygen atoms in total. The number of ether oxygens (including phenoxy) is 2. The van der Waals surface area contributed by atoms with Crippen LogP contribution in [0.1, 0.15) is 41.3 Å². The molecular weight excluding hydrogens is 440 g/mol. The number of benzene rings is 3. The normalized spacial score (nSPS) is 10.6. The molecule has 2 N–H and O–H groups in total. The summed E-state index contributed by atoms with van der Waals surface area (Å²) in [5.74, 6) is 1.02. The van der Waals surface area contributed by atoms with E-state index in [0.29, 0.717) is 33.5 Å². The first-order valence-corrected chi connectivity index (χ1v) is 10.9. The van der Waals surface area contributed by atoms with E-state index in [0.717, 1.165) is 11.1 Å². The van der Waals surface area contributed by atoms with Gasteiger partial charge in [-0.05, 0) is 84.6 Å². The van der Waals surface area contributed by atoms with Crippen LogP contribution in [-0.2, 0) is 4.79 Å². The number of halogens is 1. The van der Waals surface area contributed by atoms with Crippen molar-refractivity contribution in [2.75, 3.05) is 24.4 Å². The first kappa shape index (κ1) is 24.1. The molecule has 0 fully saturated rings. The second kappa shape index (κ2) is 10.9. The van der Waals surface area contributed by atoms with Crippen molar-refractivity contribution in [3.63, 3.8) is 0 Å². The van der Waals surface area contributed by atoms with Gasteiger partial charge in [0, 0.05) is 22.0 Å². The molecule has 33 heavy (non-hydrogen) atoms. The Morgan fingerprint density at radius 2 is 1.55 bits per heavy atom. The number of nitrogens with one attached hydrogen (secondary N) is 2. The molecule has 0 radical (unpaired) electrons. The highest BCUT2D eigenvalue weighted by Crippen LogP contribution is 2.32. The van der Waals surface area contributed by atoms with Crippen LogP contribution in [0.3, 0.4) is 0 Å². The smallest absolute Gasteiger partial charge is 0.262 e. The van der Waals surface area contributed by atoms with Crippen molar-refractivity contribution in [2.45, 2.75) is 26.7 Å². The van der Waals surface area contributed by atoms with Crippen LogP contribution in [0.25, 0.3) is 0 Å². The highest BCUT2D eigenvalue weighted by atomic mass is 35.5. The van der Waals surface area contributed by atoms with Crippen LogP contribution in [0, 0.1) is 6.92 Å². The van der Waals surface area contributed by atoms with Gasteiger partial charge >= 0.3 is 0 Å². The van der Waals surface area contributed by atoms with E-state index in [9.17, 15) is 9.59 Å². The molecule has 3 rings (SSSR count). The van der Waals surface area contributed by atoms with Gasteiger partial charge in [-0.3, -0.25) is 9.59 Å². The van der Waals surface area contributed by atoms with Crippen LogP contribution in [0.4, 0.5) is 11.4 Å². The Labute approximate surface area is 198 Å². The van der Waals surface area contributed by atoms with Gasteiger partial charge in [-0.1, -0.05) is 25.4 Å². The Kier molecular flexibility index (Phi) is 7.96. The summed E-state index contributed by atoms with van der Waals surface area (Å²) in [4.78, 5) is 24.8. The first-order chi connectivity index (χ1) is 15.8. The van der Waals surface area contributed by atoms with Crippen LogP contribution < -0.4 is 20.1 Å². The maximum absolute atomic E-state index is 12.4. The molecule has 0 aromatic heterocycles. The van der Waals surface area contributed by atoms with Crippen LogP contribution >= 0.6 is 11.6 Å². The molecular formula is C26H27ClN2O4. The third-order valence-electron chi connectivity index (χ3n) is 5.05. The quantitative estimate of drug-likeness (QED) is 0.423. The Hall–Kier alpha value is -3.51. The summed E-state index contributed by atoms with van der Waals surface area (Å²) in [6.45, 7) is 5.84. The summed E-state index contributed by atoms with van der Waals surface area (Å²) < 4.78 is 10.9. The lowest BCUT2D eigenvalue weighted by atomic mass is 10.0. The topological polar surface area (TPSA) is 76.7 Å². The molecule has 0 unspecified atom stereocenters. The molecule has 0 aliphatic heterocycles. The molecule has 7 heteroatoms. The number of aryl methyl sites for hydroxylation is 1. The Balaban J connectivity index is 1.57. The second-order valence-electron chi connectivity index (χ2n) is 7.89. The molecule has 3 aromatic carbocycles. The summed E-state index contributed by atoms with van der Waals surface area (Å²) in [6, 6.07) is 17.4. The van der Waals surface area contributed by atoms with Crippen LogP contribution in [-0.4, -0.2) is 25.5 Å². The van der Waals surface area contributed by atoms with Gasteiger partial charge in [-0.2, -0.15) is 0 Å². The molecule has 172 valence electrons. The minimum atomic E-state index is -0.298. The van der Waals surface area contributed by atoms with Gasteiger partial charge in [-0.25, -0.2) is 0 Å². The lowest BCUT2D eigenvalue weighted by Crippen LogP contribution is -2.21. The zero-order valence-electron chi connectivity index (χ0n) is 19.1. The molecule has 3 aromatic rings. The van der Waals surface area contributed by atoms with E-state index in [2.05, 4.69) is 10.6 Å². The fraction of sp³-hybridized carbons (Fsp3) is 0.231. The monoisotopic (exact) mass is 466 g/mol. The van der Waals surface area contributed by atoms with E-state index in [1.54, 1.807) is 55.6 Å². The van der Waals surface area contributed by atoms with Crippen molar-refractivity contribution >= 4 is 34.8 Å². The zero-order valence-corrected chi connectivity index (χ0v) is 19.8. The molecule has 0 heterocycles. The van der Waals surface area contributed by atoms with Crippen LogP contribution in [0.5, 0.6) is 11.5 Å². The highest BCUT2D eigenvalue weighted by molar-refractivity contribution is 6.31. The van der Waals surface area contributed by atoms with E-state index in [4.69, 9.17) is 21.1 Å². The lowest BCUT2D eigenvalue weighted by Gasteiger charge is -2.16. The Bertz CT molecular complexity index is 1130. The minimum absolute atomic E-state index is 0.138. The molecule has 0 bridgehead atoms. The van der Waals surface area contributed by atoms with E-state index >= 15 is 0 Å². The van der Waals surface area contributed by atoms with Gasteiger partial charge < -0.3 is 20.1 Å². The summed E-state index contributed by atoms with van der Waals surface area (Å²) in [7, 11) is 1.58. The summed E-state index contributed by atoms with van der Waals surface area (Å²) >= 11 is 6.22. The number of carbonyl (C=O) groups is 2. The number of hydrogen-bond acceptors (Lipinski definition) is 4. The third-order valence-corrected chi connectivity index (χ3v) is 5.46. The Morgan fingerprint density at radius 1 is 0.939 bits per heavy atom. The predicted octanol–water partition coefficient (Wildman–Crippen LogP) is 6.05. The third kappa shape index (κ3) is 6.49. The predicted molar refractivity (Wildman–Crippen MR) is 132 cm³/mol. The number of hydrogen-bond donors (Lipinski definition) is 2. The zero-order chi connectivity index (χ0) is 24.0. The van der Waals surface area contributed by atoms with Gasteiger partial charge in [0.1, 0.15) is 11.5 Å². The summed E-state index contributed by atoms with van der Waals surface area (Å²) in [6.07, 6.45) is 0. The van der Waals surface area contributed by atoms with Gasteiger partial charge in [-0.15, -0.1) is 0 Å². The standard InChI is InChI=1S/C26H27ClN2O4/c1-16(2)22-14-23(27)17(3)13-24(22)33-15-25(30)28-19-7-5-18(6-8-19)26(31)29-20-9-11-21(32-4)12-10-20/h5-14,16H,15H2,1-4H3,(H,28,30)(H,29,31). The van der Waals surface area contributed by atoms with Gasteiger partial charge in [0.15, 0.2) is 6.61 Å². The molecule has 0 atom stereocenters. The van der Waals surface area contributed by atoms with Crippen molar-refractivity contribution in [1.82, 2.24) is 0 Å². The molecule has 0 saturated carbocycles. The van der Waals surface area contributed by atoms with E-state index < -0.39 is 0 Å². The molecule has 2 amide bonds. The van der Waals surface area contributed by atoms with Crippen LogP contribution in [0.15, 0.2) is 60.7 Å². The van der Waals surface area contributed by atoms with Gasteiger partial charge in [0.2, 0.25) is 0 Å². The highest BCUT2D eigenvalue weighted by Gasteiger charge is 2.13. The fourth-order valence-electron chi connectivity index (χ4n) is 3.17. The second-order valence-corrected chi connectivity index (χ2v) is 8.30. The molecule has 0 aliphatic rings. The number of amides is 2. The number of methoxy groups -OCH3 is 1. The van der Waals surface area contributed by atoms with Crippen molar-refractivity contribution in [3.8, 4) is 11.5 Å². The van der Waals surface area contributed by atoms with E-state index in [1.165, 1.54) is 0 Å². The number of anilines is 2. The Morgan fingerprint density at radius 3 is 2.15 bits per heavy atom. The molecule has 0 aliphatic carbocycles. The first-order valence-electron chi connectivity index (χ1n) is 10.5. The van der Waals surface area contributed by atoms with Crippen LogP contribution in [0.2, 0.25) is 5.02 Å². The molecule has 0 saturated heterocycles. The van der Waals surface area contributed by atoms with Crippen molar-refractivity contribution in [2.24, 2.45) is 0 Å².